The minimum atomic E-state index is -0.848. The molecule has 0 atom stereocenters. The lowest BCUT2D eigenvalue weighted by Crippen LogP contribution is -2.11. The highest BCUT2D eigenvalue weighted by Gasteiger charge is 2.16. The molecule has 4 N–H and O–H groups in total. The van der Waals surface area contributed by atoms with Crippen LogP contribution in [0.1, 0.15) is 5.56 Å². The Morgan fingerprint density at radius 3 is 2.62 bits per heavy atom. The van der Waals surface area contributed by atoms with Crippen molar-refractivity contribution in [2.75, 3.05) is 5.73 Å². The van der Waals surface area contributed by atoms with Gasteiger partial charge in [-0.1, -0.05) is 11.6 Å². The predicted octanol–water partition coefficient (Wildman–Crippen LogP) is 2.27. The number of hydrogen-bond acceptors (Lipinski definition) is 4. The Kier molecular flexibility index (Phi) is 3.71. The lowest BCUT2D eigenvalue weighted by atomic mass is 10.1. The summed E-state index contributed by atoms with van der Waals surface area (Å²) >= 11 is 8.58. The van der Waals surface area contributed by atoms with Gasteiger partial charge in [-0.2, -0.15) is 0 Å². The molecule has 0 aliphatic heterocycles. The fourth-order valence-electron chi connectivity index (χ4n) is 0.970. The van der Waals surface area contributed by atoms with Crippen molar-refractivity contribution in [1.82, 2.24) is 0 Å². The van der Waals surface area contributed by atoms with Gasteiger partial charge in [0.15, 0.2) is 0 Å². The second-order valence-corrected chi connectivity index (χ2v) is 4.04. The van der Waals surface area contributed by atoms with Crippen LogP contribution in [0.4, 0.5) is 10.1 Å². The van der Waals surface area contributed by atoms with Gasteiger partial charge in [-0.05, 0) is 33.0 Å². The highest BCUT2D eigenvalue weighted by molar-refractivity contribution is 9.10. The lowest BCUT2D eigenvalue weighted by molar-refractivity contribution is -0.425. The minimum absolute atomic E-state index is 0.0319. The molecular weight excluding hydrogens is 304 g/mol. The normalized spacial score (nSPS) is 12.2. The van der Waals surface area contributed by atoms with E-state index in [1.54, 1.807) is 0 Å². The van der Waals surface area contributed by atoms with Crippen LogP contribution < -0.4 is 11.5 Å². The van der Waals surface area contributed by atoms with Gasteiger partial charge in [0, 0.05) is 11.3 Å². The summed E-state index contributed by atoms with van der Waals surface area (Å²) in [5.74, 6) is -1.34. The monoisotopic (exact) mass is 309 g/mol. The van der Waals surface area contributed by atoms with Crippen LogP contribution in [-0.4, -0.2) is 4.92 Å². The highest BCUT2D eigenvalue weighted by Crippen LogP contribution is 2.31. The lowest BCUT2D eigenvalue weighted by Gasteiger charge is -2.06. The topological polar surface area (TPSA) is 95.2 Å². The summed E-state index contributed by atoms with van der Waals surface area (Å²) < 4.78 is 13.1. The molecule has 0 heterocycles. The van der Waals surface area contributed by atoms with E-state index in [4.69, 9.17) is 23.1 Å². The largest absolute Gasteiger partial charge is 0.398 e. The van der Waals surface area contributed by atoms with Crippen molar-refractivity contribution < 1.29 is 9.31 Å². The van der Waals surface area contributed by atoms with Gasteiger partial charge < -0.3 is 15.8 Å². The molecular formula is C8H6BrClFN3O2. The van der Waals surface area contributed by atoms with Crippen LogP contribution in [0.15, 0.2) is 22.4 Å². The number of nitrogen functional groups attached to an aromatic ring is 1. The first kappa shape index (κ1) is 12.7. The number of nitrogens with zero attached hydrogens (tertiary/aromatic N) is 1. The molecule has 0 radical (unpaired) electrons. The maximum atomic E-state index is 13.0. The van der Waals surface area contributed by atoms with Crippen LogP contribution >= 0.6 is 27.5 Å². The number of nitrogens with two attached hydrogens (primary N) is 2. The molecule has 0 aliphatic rings. The van der Waals surface area contributed by atoms with E-state index >= 15 is 0 Å². The van der Waals surface area contributed by atoms with Gasteiger partial charge in [-0.25, -0.2) is 4.39 Å². The van der Waals surface area contributed by atoms with E-state index in [-0.39, 0.29) is 20.8 Å². The van der Waals surface area contributed by atoms with Crippen LogP contribution in [0.3, 0.4) is 0 Å². The second kappa shape index (κ2) is 4.67. The zero-order chi connectivity index (χ0) is 12.5. The third kappa shape index (κ3) is 2.42. The quantitative estimate of drug-likeness (QED) is 0.497. The van der Waals surface area contributed by atoms with Crippen molar-refractivity contribution in [3.8, 4) is 0 Å². The summed E-state index contributed by atoms with van der Waals surface area (Å²) in [5, 5.41) is 10.1. The van der Waals surface area contributed by atoms with Crippen molar-refractivity contribution >= 4 is 38.3 Å². The van der Waals surface area contributed by atoms with E-state index in [9.17, 15) is 14.5 Å². The van der Waals surface area contributed by atoms with Gasteiger partial charge in [0.25, 0.3) is 0 Å². The Hall–Kier alpha value is -1.34. The number of halogens is 3. The molecule has 1 aromatic carbocycles. The minimum Gasteiger partial charge on any atom is -0.398 e. The maximum absolute atomic E-state index is 13.0. The molecule has 0 aromatic heterocycles. The van der Waals surface area contributed by atoms with Crippen LogP contribution in [-0.2, 0) is 0 Å². The Morgan fingerprint density at radius 1 is 1.56 bits per heavy atom. The number of anilines is 1. The Labute approximate surface area is 103 Å². The zero-order valence-corrected chi connectivity index (χ0v) is 10.0. The van der Waals surface area contributed by atoms with E-state index in [0.29, 0.717) is 0 Å². The summed E-state index contributed by atoms with van der Waals surface area (Å²) in [6.45, 7) is 0. The molecule has 0 unspecified atom stereocenters. The first-order valence-electron chi connectivity index (χ1n) is 3.89. The molecule has 5 nitrogen and oxygen atoms in total. The molecule has 1 aromatic rings. The third-order valence-corrected chi connectivity index (χ3v) is 2.76. The molecule has 0 saturated heterocycles. The van der Waals surface area contributed by atoms with Crippen molar-refractivity contribution in [2.24, 2.45) is 5.73 Å². The molecule has 0 aliphatic carbocycles. The molecule has 0 saturated carbocycles. The second-order valence-electron chi connectivity index (χ2n) is 2.81. The van der Waals surface area contributed by atoms with Crippen molar-refractivity contribution in [3.05, 3.63) is 43.9 Å². The molecule has 0 spiro atoms. The molecule has 0 bridgehead atoms. The number of rotatable bonds is 2. The summed E-state index contributed by atoms with van der Waals surface area (Å²) in [4.78, 5) is 9.54. The average Bonchev–Trinajstić information content (AvgIpc) is 2.21. The molecule has 8 heteroatoms. The van der Waals surface area contributed by atoms with E-state index in [0.717, 1.165) is 6.07 Å². The van der Waals surface area contributed by atoms with Crippen LogP contribution in [0.5, 0.6) is 0 Å². The SMILES string of the molecule is N/C(=C(/Cl)c1cc(Br)c(F)cc1N)[N+](=O)[O-]. The van der Waals surface area contributed by atoms with Crippen molar-refractivity contribution in [3.63, 3.8) is 0 Å². The first-order valence-corrected chi connectivity index (χ1v) is 5.06. The van der Waals surface area contributed by atoms with E-state index in [2.05, 4.69) is 15.9 Å². The average molecular weight is 311 g/mol. The van der Waals surface area contributed by atoms with Crippen LogP contribution in [0.25, 0.3) is 5.03 Å². The van der Waals surface area contributed by atoms with Crippen molar-refractivity contribution in [1.29, 1.82) is 0 Å². The van der Waals surface area contributed by atoms with E-state index < -0.39 is 16.6 Å². The number of nitro groups is 1. The summed E-state index contributed by atoms with van der Waals surface area (Å²) in [7, 11) is 0. The smallest absolute Gasteiger partial charge is 0.333 e. The zero-order valence-electron chi connectivity index (χ0n) is 7.71. The Morgan fingerprint density at radius 2 is 2.12 bits per heavy atom. The van der Waals surface area contributed by atoms with Crippen LogP contribution in [0, 0.1) is 15.9 Å². The first-order chi connectivity index (χ1) is 7.34. The molecule has 1 rings (SSSR count). The van der Waals surface area contributed by atoms with Gasteiger partial charge in [0.2, 0.25) is 0 Å². The Balaban J connectivity index is 3.40. The van der Waals surface area contributed by atoms with Gasteiger partial charge in [0.05, 0.1) is 4.47 Å². The fraction of sp³-hybridized carbons (Fsp3) is 0. The molecule has 0 fully saturated rings. The molecule has 16 heavy (non-hydrogen) atoms. The highest BCUT2D eigenvalue weighted by atomic mass is 79.9. The summed E-state index contributed by atoms with van der Waals surface area (Å²) in [6, 6.07) is 2.22. The molecule has 86 valence electrons. The van der Waals surface area contributed by atoms with Crippen molar-refractivity contribution in [2.45, 2.75) is 0 Å². The standard InChI is InChI=1S/C8H6BrClFN3O2/c9-4-1-3(6(12)2-5(4)11)7(10)8(13)14(15)16/h1-2H,12-13H2/b8-7-. The van der Waals surface area contributed by atoms with E-state index in [1.165, 1.54) is 6.07 Å². The van der Waals surface area contributed by atoms with Gasteiger partial charge >= 0.3 is 5.82 Å². The summed E-state index contributed by atoms with van der Waals surface area (Å²) in [5.41, 5.74) is 10.7. The Bertz CT molecular complexity index is 492. The maximum Gasteiger partial charge on any atom is 0.333 e. The number of hydrogen-bond donors (Lipinski definition) is 2. The van der Waals surface area contributed by atoms with Gasteiger partial charge in [-0.15, -0.1) is 0 Å². The van der Waals surface area contributed by atoms with Gasteiger partial charge in [0.1, 0.15) is 10.8 Å². The van der Waals surface area contributed by atoms with Gasteiger partial charge in [-0.3, -0.25) is 5.73 Å². The molecule has 0 amide bonds. The predicted molar refractivity (Wildman–Crippen MR) is 62.5 cm³/mol. The van der Waals surface area contributed by atoms with Crippen LogP contribution in [0.2, 0.25) is 0 Å². The number of benzene rings is 1. The fourth-order valence-corrected chi connectivity index (χ4v) is 1.55. The van der Waals surface area contributed by atoms with E-state index in [1.807, 2.05) is 0 Å². The summed E-state index contributed by atoms with van der Waals surface area (Å²) in [6.07, 6.45) is 0. The third-order valence-electron chi connectivity index (χ3n) is 1.75.